The Bertz CT molecular complexity index is 1020. The molecule has 1 aliphatic carbocycles. The lowest BCUT2D eigenvalue weighted by atomic mass is 9.85. The Morgan fingerprint density at radius 2 is 1.62 bits per heavy atom. The second-order valence-electron chi connectivity index (χ2n) is 6.86. The third kappa shape index (κ3) is 3.40. The van der Waals surface area contributed by atoms with Crippen molar-refractivity contribution in [3.63, 3.8) is 0 Å². The zero-order chi connectivity index (χ0) is 20.5. The summed E-state index contributed by atoms with van der Waals surface area (Å²) in [5.41, 5.74) is 0.371. The summed E-state index contributed by atoms with van der Waals surface area (Å²) in [6, 6.07) is 11.2. The van der Waals surface area contributed by atoms with Crippen LogP contribution < -0.4 is 9.64 Å². The van der Waals surface area contributed by atoms with Crippen molar-refractivity contribution in [2.75, 3.05) is 4.90 Å². The van der Waals surface area contributed by atoms with E-state index >= 15 is 0 Å². The number of ether oxygens (including phenoxy) is 1. The number of esters is 1. The summed E-state index contributed by atoms with van der Waals surface area (Å²) in [4.78, 5) is 49.2. The number of amides is 2. The molecule has 0 N–H and O–H groups in total. The largest absolute Gasteiger partial charge is 0.423 e. The summed E-state index contributed by atoms with van der Waals surface area (Å²) < 4.78 is 5.24. The summed E-state index contributed by atoms with van der Waals surface area (Å²) in [6.07, 6.45) is 4.89. The normalized spacial score (nSPS) is 20.5. The third-order valence-electron chi connectivity index (χ3n) is 5.11. The molecule has 0 aromatic heterocycles. The summed E-state index contributed by atoms with van der Waals surface area (Å²) in [5, 5.41) is 10.7. The maximum atomic E-state index is 12.7. The number of carbonyl (C=O) groups is 3. The van der Waals surface area contributed by atoms with Crippen LogP contribution in [0.2, 0.25) is 0 Å². The van der Waals surface area contributed by atoms with Crippen molar-refractivity contribution in [2.24, 2.45) is 11.8 Å². The average molecular weight is 392 g/mol. The first-order chi connectivity index (χ1) is 14.0. The van der Waals surface area contributed by atoms with Crippen molar-refractivity contribution in [3.05, 3.63) is 76.4 Å². The van der Waals surface area contributed by atoms with E-state index in [0.29, 0.717) is 18.5 Å². The highest BCUT2D eigenvalue weighted by Gasteiger charge is 2.47. The van der Waals surface area contributed by atoms with Crippen LogP contribution >= 0.6 is 0 Å². The Kier molecular flexibility index (Phi) is 4.67. The SMILES string of the molecule is O=C(Oc1ccc([N+](=O)[O-])cc1)c1cccc(N2C(=O)C3CC=CCC3C2=O)c1. The number of rotatable bonds is 4. The first kappa shape index (κ1) is 18.5. The van der Waals surface area contributed by atoms with Gasteiger partial charge in [0.2, 0.25) is 11.8 Å². The minimum Gasteiger partial charge on any atom is -0.423 e. The standard InChI is InChI=1S/C21H16N2O6/c24-19-17-6-1-2-7-18(17)20(25)22(19)15-5-3-4-13(12-15)21(26)29-16-10-8-14(9-11-16)23(27)28/h1-5,8-12,17-18H,6-7H2. The number of anilines is 1. The molecule has 2 atom stereocenters. The number of allylic oxidation sites excluding steroid dienone is 2. The molecule has 29 heavy (non-hydrogen) atoms. The van der Waals surface area contributed by atoms with Gasteiger partial charge in [0.1, 0.15) is 5.75 Å². The summed E-state index contributed by atoms with van der Waals surface area (Å²) >= 11 is 0. The van der Waals surface area contributed by atoms with Crippen molar-refractivity contribution < 1.29 is 24.0 Å². The van der Waals surface area contributed by atoms with Gasteiger partial charge >= 0.3 is 5.97 Å². The fraction of sp³-hybridized carbons (Fsp3) is 0.190. The fourth-order valence-corrected chi connectivity index (χ4v) is 3.63. The second kappa shape index (κ2) is 7.31. The lowest BCUT2D eigenvalue weighted by Gasteiger charge is -2.15. The van der Waals surface area contributed by atoms with Crippen molar-refractivity contribution in [3.8, 4) is 5.75 Å². The molecule has 1 aliphatic heterocycles. The second-order valence-corrected chi connectivity index (χ2v) is 6.86. The van der Waals surface area contributed by atoms with Crippen LogP contribution in [-0.2, 0) is 9.59 Å². The number of fused-ring (bicyclic) bond motifs is 1. The van der Waals surface area contributed by atoms with E-state index in [9.17, 15) is 24.5 Å². The van der Waals surface area contributed by atoms with Crippen LogP contribution in [0.15, 0.2) is 60.7 Å². The molecule has 1 heterocycles. The molecule has 1 fully saturated rings. The molecule has 0 bridgehead atoms. The maximum Gasteiger partial charge on any atom is 0.343 e. The maximum absolute atomic E-state index is 12.7. The molecule has 0 radical (unpaired) electrons. The summed E-state index contributed by atoms with van der Waals surface area (Å²) in [5.74, 6) is -1.78. The van der Waals surface area contributed by atoms with Gasteiger partial charge in [0.15, 0.2) is 0 Å². The van der Waals surface area contributed by atoms with Gasteiger partial charge in [-0.25, -0.2) is 4.79 Å². The molecule has 2 aromatic rings. The van der Waals surface area contributed by atoms with Gasteiger partial charge in [-0.2, -0.15) is 0 Å². The quantitative estimate of drug-likeness (QED) is 0.197. The van der Waals surface area contributed by atoms with E-state index in [-0.39, 0.29) is 40.7 Å². The van der Waals surface area contributed by atoms with Gasteiger partial charge in [-0.3, -0.25) is 24.6 Å². The molecule has 1 saturated heterocycles. The average Bonchev–Trinajstić information content (AvgIpc) is 2.99. The Morgan fingerprint density at radius 1 is 1.00 bits per heavy atom. The van der Waals surface area contributed by atoms with Gasteiger partial charge in [-0.15, -0.1) is 0 Å². The van der Waals surface area contributed by atoms with Crippen LogP contribution in [0.25, 0.3) is 0 Å². The highest BCUT2D eigenvalue weighted by molar-refractivity contribution is 6.22. The number of non-ortho nitro benzene ring substituents is 1. The lowest BCUT2D eigenvalue weighted by Crippen LogP contribution is -2.31. The molecule has 2 aromatic carbocycles. The highest BCUT2D eigenvalue weighted by atomic mass is 16.6. The molecule has 8 nitrogen and oxygen atoms in total. The van der Waals surface area contributed by atoms with Gasteiger partial charge in [0.05, 0.1) is 28.0 Å². The molecular weight excluding hydrogens is 376 g/mol. The van der Waals surface area contributed by atoms with E-state index in [1.54, 1.807) is 12.1 Å². The van der Waals surface area contributed by atoms with Gasteiger partial charge in [-0.1, -0.05) is 18.2 Å². The number of hydrogen-bond acceptors (Lipinski definition) is 6. The van der Waals surface area contributed by atoms with Gasteiger partial charge in [0.25, 0.3) is 5.69 Å². The Labute approximate surface area is 165 Å². The molecule has 8 heteroatoms. The van der Waals surface area contributed by atoms with Crippen LogP contribution in [0.1, 0.15) is 23.2 Å². The summed E-state index contributed by atoms with van der Waals surface area (Å²) in [7, 11) is 0. The van der Waals surface area contributed by atoms with Crippen LogP contribution in [0.4, 0.5) is 11.4 Å². The van der Waals surface area contributed by atoms with Gasteiger partial charge < -0.3 is 4.74 Å². The number of benzene rings is 2. The number of carbonyl (C=O) groups excluding carboxylic acids is 3. The van der Waals surface area contributed by atoms with Crippen molar-refractivity contribution in [1.29, 1.82) is 0 Å². The van der Waals surface area contributed by atoms with E-state index in [1.807, 2.05) is 12.2 Å². The minimum atomic E-state index is -0.695. The molecule has 0 spiro atoms. The molecule has 0 saturated carbocycles. The highest BCUT2D eigenvalue weighted by Crippen LogP contribution is 2.37. The third-order valence-corrected chi connectivity index (χ3v) is 5.11. The van der Waals surface area contributed by atoms with E-state index in [0.717, 1.165) is 4.90 Å². The van der Waals surface area contributed by atoms with E-state index < -0.39 is 10.9 Å². The zero-order valence-corrected chi connectivity index (χ0v) is 15.2. The van der Waals surface area contributed by atoms with E-state index in [4.69, 9.17) is 4.74 Å². The number of nitro groups is 1. The number of imide groups is 1. The van der Waals surface area contributed by atoms with Crippen molar-refractivity contribution in [2.45, 2.75) is 12.8 Å². The van der Waals surface area contributed by atoms with E-state index in [1.165, 1.54) is 36.4 Å². The van der Waals surface area contributed by atoms with Gasteiger partial charge in [0, 0.05) is 12.1 Å². The number of hydrogen-bond donors (Lipinski definition) is 0. The first-order valence-corrected chi connectivity index (χ1v) is 9.05. The van der Waals surface area contributed by atoms with Crippen molar-refractivity contribution >= 4 is 29.2 Å². The minimum absolute atomic E-state index is 0.117. The predicted molar refractivity (Wildman–Crippen MR) is 102 cm³/mol. The van der Waals surface area contributed by atoms with Crippen LogP contribution in [0.3, 0.4) is 0 Å². The Balaban J connectivity index is 1.54. The van der Waals surface area contributed by atoms with E-state index in [2.05, 4.69) is 0 Å². The summed E-state index contributed by atoms with van der Waals surface area (Å²) in [6.45, 7) is 0. The van der Waals surface area contributed by atoms with Crippen LogP contribution in [0, 0.1) is 22.0 Å². The Hall–Kier alpha value is -3.81. The van der Waals surface area contributed by atoms with Crippen LogP contribution in [-0.4, -0.2) is 22.7 Å². The molecule has 2 unspecified atom stereocenters. The Morgan fingerprint density at radius 3 is 2.21 bits per heavy atom. The smallest absolute Gasteiger partial charge is 0.343 e. The molecular formula is C21H16N2O6. The van der Waals surface area contributed by atoms with Crippen LogP contribution in [0.5, 0.6) is 5.75 Å². The molecule has 146 valence electrons. The van der Waals surface area contributed by atoms with Crippen molar-refractivity contribution in [1.82, 2.24) is 0 Å². The van der Waals surface area contributed by atoms with Gasteiger partial charge in [-0.05, 0) is 43.2 Å². The fourth-order valence-electron chi connectivity index (χ4n) is 3.63. The number of nitrogens with zero attached hydrogens (tertiary/aromatic N) is 2. The predicted octanol–water partition coefficient (Wildman–Crippen LogP) is 3.27. The number of nitro benzene ring substituents is 1. The molecule has 2 aliphatic rings. The first-order valence-electron chi connectivity index (χ1n) is 9.05. The molecule has 4 rings (SSSR count). The molecule has 2 amide bonds. The zero-order valence-electron chi connectivity index (χ0n) is 15.2. The topological polar surface area (TPSA) is 107 Å². The monoisotopic (exact) mass is 392 g/mol. The lowest BCUT2D eigenvalue weighted by molar-refractivity contribution is -0.384.